The largest absolute Gasteiger partial charge is 0.488 e. The molecule has 0 N–H and O–H groups in total. The highest BCUT2D eigenvalue weighted by Crippen LogP contribution is 2.41. The molecule has 1 saturated heterocycles. The molecule has 0 aliphatic carbocycles. The van der Waals surface area contributed by atoms with Crippen LogP contribution in [0.5, 0.6) is 11.5 Å². The molecule has 3 rings (SSSR count). The molecule has 0 unspecified atom stereocenters. The van der Waals surface area contributed by atoms with Gasteiger partial charge in [-0.3, -0.25) is 4.90 Å². The SMILES string of the molecule is CC1(C)Cc2cccc(OCCN3CCCC3)c2O1. The average molecular weight is 261 g/mol. The number of ether oxygens (including phenoxy) is 2. The van der Waals surface area contributed by atoms with Crippen molar-refractivity contribution in [3.8, 4) is 11.5 Å². The summed E-state index contributed by atoms with van der Waals surface area (Å²) in [6, 6.07) is 6.22. The van der Waals surface area contributed by atoms with Crippen LogP contribution in [0.3, 0.4) is 0 Å². The van der Waals surface area contributed by atoms with Crippen molar-refractivity contribution in [2.45, 2.75) is 38.7 Å². The van der Waals surface area contributed by atoms with Gasteiger partial charge in [-0.05, 0) is 45.8 Å². The van der Waals surface area contributed by atoms with Crippen LogP contribution >= 0.6 is 0 Å². The van der Waals surface area contributed by atoms with Crippen molar-refractivity contribution in [2.75, 3.05) is 26.2 Å². The topological polar surface area (TPSA) is 21.7 Å². The van der Waals surface area contributed by atoms with E-state index in [1.54, 1.807) is 0 Å². The van der Waals surface area contributed by atoms with Gasteiger partial charge in [0, 0.05) is 18.5 Å². The Kier molecular flexibility index (Phi) is 3.40. The van der Waals surface area contributed by atoms with Crippen LogP contribution in [0.4, 0.5) is 0 Å². The van der Waals surface area contributed by atoms with E-state index in [2.05, 4.69) is 30.9 Å². The number of hydrogen-bond donors (Lipinski definition) is 0. The van der Waals surface area contributed by atoms with Gasteiger partial charge in [-0.25, -0.2) is 0 Å². The van der Waals surface area contributed by atoms with Gasteiger partial charge in [-0.15, -0.1) is 0 Å². The van der Waals surface area contributed by atoms with Crippen LogP contribution in [0.15, 0.2) is 18.2 Å². The Morgan fingerprint density at radius 2 is 2.05 bits per heavy atom. The van der Waals surface area contributed by atoms with Gasteiger partial charge in [0.05, 0.1) is 0 Å². The third kappa shape index (κ3) is 2.86. The number of benzene rings is 1. The monoisotopic (exact) mass is 261 g/mol. The number of hydrogen-bond acceptors (Lipinski definition) is 3. The number of nitrogens with zero attached hydrogens (tertiary/aromatic N) is 1. The molecule has 19 heavy (non-hydrogen) atoms. The minimum absolute atomic E-state index is 0.100. The lowest BCUT2D eigenvalue weighted by Gasteiger charge is -2.19. The second-order valence-corrected chi connectivity index (χ2v) is 6.18. The van der Waals surface area contributed by atoms with Crippen molar-refractivity contribution in [1.29, 1.82) is 0 Å². The van der Waals surface area contributed by atoms with Gasteiger partial charge in [0.2, 0.25) is 0 Å². The third-order valence-electron chi connectivity index (χ3n) is 3.92. The molecule has 2 aliphatic rings. The summed E-state index contributed by atoms with van der Waals surface area (Å²) in [5.41, 5.74) is 1.17. The molecule has 3 nitrogen and oxygen atoms in total. The summed E-state index contributed by atoms with van der Waals surface area (Å²) in [6.07, 6.45) is 3.63. The summed E-state index contributed by atoms with van der Waals surface area (Å²) in [5, 5.41) is 0. The van der Waals surface area contributed by atoms with Crippen LogP contribution in [0.25, 0.3) is 0 Å². The van der Waals surface area contributed by atoms with Gasteiger partial charge in [0.15, 0.2) is 11.5 Å². The zero-order valence-corrected chi connectivity index (χ0v) is 11.9. The normalized spacial score (nSPS) is 21.2. The van der Waals surface area contributed by atoms with Crippen LogP contribution in [-0.4, -0.2) is 36.7 Å². The van der Waals surface area contributed by atoms with Gasteiger partial charge >= 0.3 is 0 Å². The van der Waals surface area contributed by atoms with E-state index < -0.39 is 0 Å². The summed E-state index contributed by atoms with van der Waals surface area (Å²) in [4.78, 5) is 2.47. The van der Waals surface area contributed by atoms with E-state index in [1.807, 2.05) is 6.07 Å². The highest BCUT2D eigenvalue weighted by molar-refractivity contribution is 5.50. The fourth-order valence-electron chi connectivity index (χ4n) is 2.99. The first-order valence-corrected chi connectivity index (χ1v) is 7.30. The van der Waals surface area contributed by atoms with Crippen LogP contribution in [0.1, 0.15) is 32.3 Å². The van der Waals surface area contributed by atoms with Gasteiger partial charge in [-0.2, -0.15) is 0 Å². The predicted octanol–water partition coefficient (Wildman–Crippen LogP) is 2.87. The molecule has 1 aromatic carbocycles. The second-order valence-electron chi connectivity index (χ2n) is 6.18. The highest BCUT2D eigenvalue weighted by atomic mass is 16.5. The molecule has 0 amide bonds. The zero-order valence-electron chi connectivity index (χ0n) is 11.9. The summed E-state index contributed by atoms with van der Waals surface area (Å²) in [5.74, 6) is 1.86. The van der Waals surface area contributed by atoms with Crippen molar-refractivity contribution >= 4 is 0 Å². The first-order valence-electron chi connectivity index (χ1n) is 7.30. The van der Waals surface area contributed by atoms with E-state index in [9.17, 15) is 0 Å². The Morgan fingerprint density at radius 1 is 1.26 bits per heavy atom. The van der Waals surface area contributed by atoms with Crippen molar-refractivity contribution in [1.82, 2.24) is 4.90 Å². The maximum absolute atomic E-state index is 6.01. The van der Waals surface area contributed by atoms with Gasteiger partial charge in [0.25, 0.3) is 0 Å². The molecule has 3 heteroatoms. The minimum Gasteiger partial charge on any atom is -0.488 e. The zero-order chi connectivity index (χ0) is 13.3. The lowest BCUT2D eigenvalue weighted by atomic mass is 10.0. The van der Waals surface area contributed by atoms with E-state index in [4.69, 9.17) is 9.47 Å². The predicted molar refractivity (Wildman–Crippen MR) is 76.0 cm³/mol. The number of rotatable bonds is 4. The Bertz CT molecular complexity index is 450. The van der Waals surface area contributed by atoms with E-state index in [1.165, 1.54) is 31.5 Å². The first kappa shape index (κ1) is 12.8. The van der Waals surface area contributed by atoms with Crippen LogP contribution in [0.2, 0.25) is 0 Å². The summed E-state index contributed by atoms with van der Waals surface area (Å²) < 4.78 is 11.9. The molecule has 104 valence electrons. The smallest absolute Gasteiger partial charge is 0.165 e. The van der Waals surface area contributed by atoms with Crippen LogP contribution < -0.4 is 9.47 Å². The molecule has 0 bridgehead atoms. The van der Waals surface area contributed by atoms with Gasteiger partial charge in [-0.1, -0.05) is 12.1 Å². The molecule has 0 spiro atoms. The fraction of sp³-hybridized carbons (Fsp3) is 0.625. The molecule has 1 fully saturated rings. The molecule has 2 heterocycles. The van der Waals surface area contributed by atoms with E-state index >= 15 is 0 Å². The minimum atomic E-state index is -0.100. The van der Waals surface area contributed by atoms with Crippen molar-refractivity contribution in [2.24, 2.45) is 0 Å². The molecule has 0 aromatic heterocycles. The number of likely N-dealkylation sites (tertiary alicyclic amines) is 1. The molecule has 0 radical (unpaired) electrons. The molecule has 0 saturated carbocycles. The quantitative estimate of drug-likeness (QED) is 0.832. The van der Waals surface area contributed by atoms with E-state index in [0.717, 1.165) is 31.1 Å². The van der Waals surface area contributed by atoms with Crippen molar-refractivity contribution < 1.29 is 9.47 Å². The van der Waals surface area contributed by atoms with Crippen molar-refractivity contribution in [3.05, 3.63) is 23.8 Å². The Hall–Kier alpha value is -1.22. The number of para-hydroxylation sites is 1. The van der Waals surface area contributed by atoms with E-state index in [-0.39, 0.29) is 5.60 Å². The summed E-state index contributed by atoms with van der Waals surface area (Å²) in [6.45, 7) is 8.47. The highest BCUT2D eigenvalue weighted by Gasteiger charge is 2.32. The third-order valence-corrected chi connectivity index (χ3v) is 3.92. The molecular weight excluding hydrogens is 238 g/mol. The van der Waals surface area contributed by atoms with Crippen LogP contribution in [-0.2, 0) is 6.42 Å². The lowest BCUT2D eigenvalue weighted by Crippen LogP contribution is -2.26. The Labute approximate surface area is 115 Å². The summed E-state index contributed by atoms with van der Waals surface area (Å²) >= 11 is 0. The molecular formula is C16H23NO2. The van der Waals surface area contributed by atoms with Gasteiger partial charge < -0.3 is 9.47 Å². The first-order chi connectivity index (χ1) is 9.14. The Morgan fingerprint density at radius 3 is 2.84 bits per heavy atom. The molecule has 1 aromatic rings. The number of fused-ring (bicyclic) bond motifs is 1. The average Bonchev–Trinajstić information content (AvgIpc) is 2.95. The Balaban J connectivity index is 1.61. The van der Waals surface area contributed by atoms with Gasteiger partial charge in [0.1, 0.15) is 12.2 Å². The van der Waals surface area contributed by atoms with Crippen LogP contribution in [0, 0.1) is 0 Å². The lowest BCUT2D eigenvalue weighted by molar-refractivity contribution is 0.131. The molecule has 0 atom stereocenters. The maximum Gasteiger partial charge on any atom is 0.165 e. The second kappa shape index (κ2) is 5.04. The maximum atomic E-state index is 6.01. The summed E-state index contributed by atoms with van der Waals surface area (Å²) in [7, 11) is 0. The molecule has 2 aliphatic heterocycles. The van der Waals surface area contributed by atoms with E-state index in [0.29, 0.717) is 0 Å². The van der Waals surface area contributed by atoms with Crippen molar-refractivity contribution in [3.63, 3.8) is 0 Å². The fourth-order valence-corrected chi connectivity index (χ4v) is 2.99. The standard InChI is InChI=1S/C16H23NO2/c1-16(2)12-13-6-5-7-14(15(13)19-16)18-11-10-17-8-3-4-9-17/h5-7H,3-4,8-12H2,1-2H3.